The summed E-state index contributed by atoms with van der Waals surface area (Å²) >= 11 is 3.28. The van der Waals surface area contributed by atoms with Crippen molar-refractivity contribution in [3.05, 3.63) is 22.2 Å². The second-order valence-electron chi connectivity index (χ2n) is 3.37. The fourth-order valence-electron chi connectivity index (χ4n) is 1.12. The van der Waals surface area contributed by atoms with Crippen molar-refractivity contribution in [3.63, 3.8) is 0 Å². The lowest BCUT2D eigenvalue weighted by atomic mass is 10.1. The van der Waals surface area contributed by atoms with Gasteiger partial charge in [-0.05, 0) is 41.3 Å². The number of aryl methyl sites for hydroxylation is 1. The normalized spacial score (nSPS) is 10.8. The highest BCUT2D eigenvalue weighted by atomic mass is 79.9. The Kier molecular flexibility index (Phi) is 3.20. The van der Waals surface area contributed by atoms with Crippen LogP contribution in [0, 0.1) is 12.8 Å². The zero-order valence-electron chi connectivity index (χ0n) is 7.63. The molecule has 0 aliphatic heterocycles. The van der Waals surface area contributed by atoms with Crippen LogP contribution in [0.1, 0.15) is 25.2 Å². The fraction of sp³-hybridized carbons (Fsp3) is 0.556. The highest BCUT2D eigenvalue weighted by Crippen LogP contribution is 2.10. The standard InChI is InChI=1S/C9H13BrN2/c1-6(2)4-8-5-7(3)11-9(10)12-8/h5-6H,4H2,1-3H3. The van der Waals surface area contributed by atoms with Crippen LogP contribution in [0.4, 0.5) is 0 Å². The summed E-state index contributed by atoms with van der Waals surface area (Å²) in [5.41, 5.74) is 2.14. The Hall–Kier alpha value is -0.440. The van der Waals surface area contributed by atoms with E-state index in [1.165, 1.54) is 0 Å². The second-order valence-corrected chi connectivity index (χ2v) is 4.08. The summed E-state index contributed by atoms with van der Waals surface area (Å²) in [4.78, 5) is 8.43. The van der Waals surface area contributed by atoms with E-state index < -0.39 is 0 Å². The minimum Gasteiger partial charge on any atom is -0.228 e. The summed E-state index contributed by atoms with van der Waals surface area (Å²) in [6.07, 6.45) is 1.02. The number of rotatable bonds is 2. The highest BCUT2D eigenvalue weighted by Gasteiger charge is 2.01. The van der Waals surface area contributed by atoms with E-state index in [-0.39, 0.29) is 0 Å². The van der Waals surface area contributed by atoms with Crippen LogP contribution >= 0.6 is 15.9 Å². The van der Waals surface area contributed by atoms with Gasteiger partial charge in [-0.2, -0.15) is 0 Å². The molecule has 0 aliphatic carbocycles. The lowest BCUT2D eigenvalue weighted by Gasteiger charge is -2.04. The Morgan fingerprint density at radius 2 is 2.08 bits per heavy atom. The maximum atomic E-state index is 4.28. The van der Waals surface area contributed by atoms with Crippen molar-refractivity contribution < 1.29 is 0 Å². The first-order valence-corrected chi connectivity index (χ1v) is 4.87. The molecule has 0 fully saturated rings. The number of nitrogens with zero attached hydrogens (tertiary/aromatic N) is 2. The van der Waals surface area contributed by atoms with Crippen LogP contribution in [0.15, 0.2) is 10.8 Å². The SMILES string of the molecule is Cc1cc(CC(C)C)nc(Br)n1. The zero-order valence-corrected chi connectivity index (χ0v) is 9.22. The van der Waals surface area contributed by atoms with E-state index in [9.17, 15) is 0 Å². The van der Waals surface area contributed by atoms with Crippen molar-refractivity contribution in [2.24, 2.45) is 5.92 Å². The predicted molar refractivity (Wildman–Crippen MR) is 53.0 cm³/mol. The van der Waals surface area contributed by atoms with Crippen LogP contribution in [0.2, 0.25) is 0 Å². The second kappa shape index (κ2) is 3.99. The molecule has 1 heterocycles. The van der Waals surface area contributed by atoms with Gasteiger partial charge in [-0.1, -0.05) is 13.8 Å². The molecule has 0 aromatic carbocycles. The molecule has 66 valence electrons. The van der Waals surface area contributed by atoms with E-state index in [0.717, 1.165) is 17.8 Å². The number of hydrogen-bond acceptors (Lipinski definition) is 2. The molecule has 1 aromatic heterocycles. The van der Waals surface area contributed by atoms with Crippen molar-refractivity contribution in [1.82, 2.24) is 9.97 Å². The van der Waals surface area contributed by atoms with Crippen molar-refractivity contribution >= 4 is 15.9 Å². The smallest absolute Gasteiger partial charge is 0.197 e. The van der Waals surface area contributed by atoms with Crippen molar-refractivity contribution in [3.8, 4) is 0 Å². The minimum absolute atomic E-state index is 0.645. The lowest BCUT2D eigenvalue weighted by Crippen LogP contribution is -1.99. The number of halogens is 1. The van der Waals surface area contributed by atoms with Crippen molar-refractivity contribution in [1.29, 1.82) is 0 Å². The van der Waals surface area contributed by atoms with Crippen LogP contribution in [-0.2, 0) is 6.42 Å². The number of hydrogen-bond donors (Lipinski definition) is 0. The van der Waals surface area contributed by atoms with Crippen LogP contribution in [-0.4, -0.2) is 9.97 Å². The summed E-state index contributed by atoms with van der Waals surface area (Å²) in [6.45, 7) is 6.35. The first kappa shape index (κ1) is 9.65. The van der Waals surface area contributed by atoms with Crippen LogP contribution in [0.25, 0.3) is 0 Å². The Morgan fingerprint density at radius 3 is 2.58 bits per heavy atom. The Labute approximate surface area is 81.6 Å². The Bertz CT molecular complexity index is 251. The van der Waals surface area contributed by atoms with Crippen molar-refractivity contribution in [2.75, 3.05) is 0 Å². The topological polar surface area (TPSA) is 25.8 Å². The van der Waals surface area contributed by atoms with Gasteiger partial charge in [-0.25, -0.2) is 9.97 Å². The van der Waals surface area contributed by atoms with Gasteiger partial charge in [0.2, 0.25) is 0 Å². The summed E-state index contributed by atoms with van der Waals surface area (Å²) < 4.78 is 0.693. The molecule has 1 rings (SSSR count). The monoisotopic (exact) mass is 228 g/mol. The van der Waals surface area contributed by atoms with Crippen LogP contribution in [0.5, 0.6) is 0 Å². The first-order valence-electron chi connectivity index (χ1n) is 4.08. The molecule has 0 unspecified atom stereocenters. The zero-order chi connectivity index (χ0) is 9.14. The molecule has 0 saturated carbocycles. The number of aromatic nitrogens is 2. The minimum atomic E-state index is 0.645. The summed E-state index contributed by atoms with van der Waals surface area (Å²) in [5, 5.41) is 0. The van der Waals surface area contributed by atoms with E-state index in [2.05, 4.69) is 39.7 Å². The van der Waals surface area contributed by atoms with E-state index in [4.69, 9.17) is 0 Å². The van der Waals surface area contributed by atoms with E-state index in [1.807, 2.05) is 13.0 Å². The molecule has 0 aliphatic rings. The summed E-state index contributed by atoms with van der Waals surface area (Å²) in [6, 6.07) is 2.03. The molecular weight excluding hydrogens is 216 g/mol. The van der Waals surface area contributed by atoms with E-state index in [1.54, 1.807) is 0 Å². The quantitative estimate of drug-likeness (QED) is 0.728. The Balaban J connectivity index is 2.85. The molecule has 3 heteroatoms. The fourth-order valence-corrected chi connectivity index (χ4v) is 1.62. The molecule has 0 saturated heterocycles. The third-order valence-corrected chi connectivity index (χ3v) is 1.85. The third kappa shape index (κ3) is 2.89. The van der Waals surface area contributed by atoms with Crippen LogP contribution < -0.4 is 0 Å². The maximum absolute atomic E-state index is 4.28. The van der Waals surface area contributed by atoms with Gasteiger partial charge in [0.15, 0.2) is 4.73 Å². The van der Waals surface area contributed by atoms with Gasteiger partial charge in [0.05, 0.1) is 0 Å². The molecule has 12 heavy (non-hydrogen) atoms. The maximum Gasteiger partial charge on any atom is 0.197 e. The van der Waals surface area contributed by atoms with Crippen LogP contribution in [0.3, 0.4) is 0 Å². The van der Waals surface area contributed by atoms with Crippen molar-refractivity contribution in [2.45, 2.75) is 27.2 Å². The molecule has 0 spiro atoms. The molecule has 0 radical (unpaired) electrons. The summed E-state index contributed by atoms with van der Waals surface area (Å²) in [5.74, 6) is 0.645. The molecule has 0 atom stereocenters. The van der Waals surface area contributed by atoms with Gasteiger partial charge in [-0.3, -0.25) is 0 Å². The first-order chi connectivity index (χ1) is 5.58. The van der Waals surface area contributed by atoms with Gasteiger partial charge in [-0.15, -0.1) is 0 Å². The van der Waals surface area contributed by atoms with Gasteiger partial charge in [0.1, 0.15) is 0 Å². The Morgan fingerprint density at radius 1 is 1.42 bits per heavy atom. The van der Waals surface area contributed by atoms with Gasteiger partial charge in [0, 0.05) is 11.4 Å². The largest absolute Gasteiger partial charge is 0.228 e. The molecule has 0 N–H and O–H groups in total. The highest BCUT2D eigenvalue weighted by molar-refractivity contribution is 9.10. The molecule has 1 aromatic rings. The molecule has 2 nitrogen and oxygen atoms in total. The molecule has 0 amide bonds. The van der Waals surface area contributed by atoms with Gasteiger partial charge < -0.3 is 0 Å². The average molecular weight is 229 g/mol. The summed E-state index contributed by atoms with van der Waals surface area (Å²) in [7, 11) is 0. The van der Waals surface area contributed by atoms with Gasteiger partial charge in [0.25, 0.3) is 0 Å². The molecular formula is C9H13BrN2. The van der Waals surface area contributed by atoms with Gasteiger partial charge >= 0.3 is 0 Å². The third-order valence-electron chi connectivity index (χ3n) is 1.50. The predicted octanol–water partition coefficient (Wildman–Crippen LogP) is 2.75. The molecule has 0 bridgehead atoms. The lowest BCUT2D eigenvalue weighted by molar-refractivity contribution is 0.631. The van der Waals surface area contributed by atoms with E-state index in [0.29, 0.717) is 10.7 Å². The average Bonchev–Trinajstić information content (AvgIpc) is 1.81. The van der Waals surface area contributed by atoms with E-state index >= 15 is 0 Å².